The summed E-state index contributed by atoms with van der Waals surface area (Å²) in [5, 5.41) is 14.8. The van der Waals surface area contributed by atoms with Crippen LogP contribution in [-0.4, -0.2) is 47.7 Å². The van der Waals surface area contributed by atoms with E-state index in [4.69, 9.17) is 5.73 Å². The normalized spacial score (nSPS) is 23.9. The fraction of sp³-hybridized carbons (Fsp3) is 0.846. The number of nitrogens with one attached hydrogen (secondary N) is 2. The average Bonchev–Trinajstić information content (AvgIpc) is 2.43. The molecule has 3 atom stereocenters. The zero-order valence-electron chi connectivity index (χ0n) is 11.9. The van der Waals surface area contributed by atoms with Crippen molar-refractivity contribution in [1.82, 2.24) is 10.6 Å². The second kappa shape index (κ2) is 9.07. The number of aliphatic hydroxyl groups is 1. The fourth-order valence-electron chi connectivity index (χ4n) is 2.58. The number of primary amides is 1. The summed E-state index contributed by atoms with van der Waals surface area (Å²) in [5.74, 6) is 0.678. The minimum atomic E-state index is -0.686. The van der Waals surface area contributed by atoms with Gasteiger partial charge in [-0.1, -0.05) is 12.8 Å². The summed E-state index contributed by atoms with van der Waals surface area (Å²) in [6.07, 6.45) is 6.45. The molecule has 20 heavy (non-hydrogen) atoms. The third-order valence-corrected chi connectivity index (χ3v) is 4.36. The maximum atomic E-state index is 12.2. The Morgan fingerprint density at radius 3 is 2.70 bits per heavy atom. The second-order valence-electron chi connectivity index (χ2n) is 5.18. The molecule has 0 aromatic carbocycles. The van der Waals surface area contributed by atoms with Gasteiger partial charge in [-0.05, 0) is 31.3 Å². The molecular weight excluding hydrogens is 278 g/mol. The molecule has 0 spiro atoms. The van der Waals surface area contributed by atoms with Crippen molar-refractivity contribution in [2.75, 3.05) is 18.6 Å². The van der Waals surface area contributed by atoms with Crippen LogP contribution in [0.25, 0.3) is 0 Å². The standard InChI is InChI=1S/C13H25N3O3S/c1-20-7-6-11(16-13(14)19)12(18)15-10-5-3-2-4-9(10)8-17/h9-11,17H,2-8H2,1H3,(H,15,18)(H3,14,16,19). The van der Waals surface area contributed by atoms with Crippen LogP contribution >= 0.6 is 11.8 Å². The van der Waals surface area contributed by atoms with Gasteiger partial charge in [0.25, 0.3) is 0 Å². The molecule has 0 aromatic rings. The highest BCUT2D eigenvalue weighted by Gasteiger charge is 2.28. The highest BCUT2D eigenvalue weighted by atomic mass is 32.2. The Balaban J connectivity index is 2.56. The second-order valence-corrected chi connectivity index (χ2v) is 6.17. The van der Waals surface area contributed by atoms with Gasteiger partial charge in [0.15, 0.2) is 0 Å². The molecule has 5 N–H and O–H groups in total. The topological polar surface area (TPSA) is 104 Å². The molecule has 1 aliphatic rings. The minimum Gasteiger partial charge on any atom is -0.396 e. The number of hydrogen-bond acceptors (Lipinski definition) is 4. The molecule has 0 heterocycles. The smallest absolute Gasteiger partial charge is 0.312 e. The number of aliphatic hydroxyl groups excluding tert-OH is 1. The van der Waals surface area contributed by atoms with Crippen LogP contribution in [0.15, 0.2) is 0 Å². The molecule has 0 radical (unpaired) electrons. The van der Waals surface area contributed by atoms with Crippen molar-refractivity contribution in [1.29, 1.82) is 0 Å². The van der Waals surface area contributed by atoms with Gasteiger partial charge in [-0.2, -0.15) is 11.8 Å². The minimum absolute atomic E-state index is 0.00675. The predicted molar refractivity (Wildman–Crippen MR) is 80.5 cm³/mol. The molecule has 0 aromatic heterocycles. The van der Waals surface area contributed by atoms with Crippen LogP contribution in [0.2, 0.25) is 0 Å². The van der Waals surface area contributed by atoms with Crippen molar-refractivity contribution in [2.45, 2.75) is 44.2 Å². The van der Waals surface area contributed by atoms with Gasteiger partial charge in [-0.3, -0.25) is 4.79 Å². The van der Waals surface area contributed by atoms with Gasteiger partial charge in [0.05, 0.1) is 0 Å². The lowest BCUT2D eigenvalue weighted by Gasteiger charge is -2.32. The van der Waals surface area contributed by atoms with Gasteiger partial charge in [-0.15, -0.1) is 0 Å². The van der Waals surface area contributed by atoms with Crippen molar-refractivity contribution >= 4 is 23.7 Å². The molecule has 1 fully saturated rings. The summed E-state index contributed by atoms with van der Waals surface area (Å²) < 4.78 is 0. The molecule has 0 saturated heterocycles. The first-order valence-electron chi connectivity index (χ1n) is 7.04. The Morgan fingerprint density at radius 1 is 1.40 bits per heavy atom. The van der Waals surface area contributed by atoms with Gasteiger partial charge in [-0.25, -0.2) is 4.79 Å². The highest BCUT2D eigenvalue weighted by molar-refractivity contribution is 7.98. The van der Waals surface area contributed by atoms with Gasteiger partial charge in [0, 0.05) is 18.6 Å². The number of amides is 3. The van der Waals surface area contributed by atoms with Crippen molar-refractivity contribution < 1.29 is 14.7 Å². The summed E-state index contributed by atoms with van der Waals surface area (Å²) in [6, 6.07) is -1.29. The molecule has 3 unspecified atom stereocenters. The van der Waals surface area contributed by atoms with Crippen molar-refractivity contribution in [3.8, 4) is 0 Å². The summed E-state index contributed by atoms with van der Waals surface area (Å²) >= 11 is 1.61. The monoisotopic (exact) mass is 303 g/mol. The van der Waals surface area contributed by atoms with E-state index >= 15 is 0 Å². The van der Waals surface area contributed by atoms with Gasteiger partial charge >= 0.3 is 6.03 Å². The number of carbonyl (C=O) groups is 2. The van der Waals surface area contributed by atoms with Crippen LogP contribution < -0.4 is 16.4 Å². The molecule has 7 heteroatoms. The van der Waals surface area contributed by atoms with E-state index in [1.54, 1.807) is 11.8 Å². The molecule has 6 nitrogen and oxygen atoms in total. The third-order valence-electron chi connectivity index (χ3n) is 3.71. The number of carbonyl (C=O) groups excluding carboxylic acids is 2. The molecule has 1 aliphatic carbocycles. The van der Waals surface area contributed by atoms with E-state index in [0.717, 1.165) is 31.4 Å². The van der Waals surface area contributed by atoms with Crippen LogP contribution in [0.3, 0.4) is 0 Å². The van der Waals surface area contributed by atoms with E-state index in [9.17, 15) is 14.7 Å². The van der Waals surface area contributed by atoms with Gasteiger partial charge in [0.1, 0.15) is 6.04 Å². The van der Waals surface area contributed by atoms with E-state index in [2.05, 4.69) is 10.6 Å². The fourth-order valence-corrected chi connectivity index (χ4v) is 3.05. The number of nitrogens with two attached hydrogens (primary N) is 1. The molecule has 1 saturated carbocycles. The SMILES string of the molecule is CSCCC(NC(N)=O)C(=O)NC1CCCCC1CO. The summed E-state index contributed by atoms with van der Waals surface area (Å²) in [7, 11) is 0. The summed E-state index contributed by atoms with van der Waals surface area (Å²) in [6.45, 7) is 0.0870. The van der Waals surface area contributed by atoms with Crippen molar-refractivity contribution in [3.63, 3.8) is 0 Å². The van der Waals surface area contributed by atoms with Crippen molar-refractivity contribution in [2.24, 2.45) is 11.7 Å². The van der Waals surface area contributed by atoms with Crippen molar-refractivity contribution in [3.05, 3.63) is 0 Å². The number of urea groups is 1. The summed E-state index contributed by atoms with van der Waals surface area (Å²) in [5.41, 5.74) is 5.11. The van der Waals surface area contributed by atoms with Gasteiger partial charge < -0.3 is 21.5 Å². The van der Waals surface area contributed by atoms with E-state index in [1.807, 2.05) is 6.26 Å². The van der Waals surface area contributed by atoms with Gasteiger partial charge in [0.2, 0.25) is 5.91 Å². The largest absolute Gasteiger partial charge is 0.396 e. The molecule has 1 rings (SSSR count). The lowest BCUT2D eigenvalue weighted by Crippen LogP contribution is -2.53. The first-order valence-corrected chi connectivity index (χ1v) is 8.44. The van der Waals surface area contributed by atoms with E-state index < -0.39 is 12.1 Å². The molecular formula is C13H25N3O3S. The third kappa shape index (κ3) is 5.58. The zero-order valence-corrected chi connectivity index (χ0v) is 12.7. The summed E-state index contributed by atoms with van der Waals surface area (Å²) in [4.78, 5) is 23.2. The Bertz CT molecular complexity index is 328. The number of hydrogen-bond donors (Lipinski definition) is 4. The van der Waals surface area contributed by atoms with E-state index in [0.29, 0.717) is 6.42 Å². The highest BCUT2D eigenvalue weighted by Crippen LogP contribution is 2.24. The zero-order chi connectivity index (χ0) is 15.0. The Hall–Kier alpha value is -0.950. The van der Waals surface area contributed by atoms with E-state index in [-0.39, 0.29) is 24.5 Å². The predicted octanol–water partition coefficient (Wildman–Crippen LogP) is 0.444. The van der Waals surface area contributed by atoms with Crippen LogP contribution in [0.1, 0.15) is 32.1 Å². The Kier molecular flexibility index (Phi) is 7.76. The lowest BCUT2D eigenvalue weighted by molar-refractivity contribution is -0.124. The van der Waals surface area contributed by atoms with Crippen LogP contribution in [0.5, 0.6) is 0 Å². The first kappa shape index (κ1) is 17.1. The van der Waals surface area contributed by atoms with Crippen LogP contribution in [0.4, 0.5) is 4.79 Å². The number of thioether (sulfide) groups is 1. The quantitative estimate of drug-likeness (QED) is 0.548. The number of rotatable bonds is 7. The molecule has 116 valence electrons. The maximum absolute atomic E-state index is 12.2. The Labute approximate surface area is 124 Å². The van der Waals surface area contributed by atoms with Crippen LogP contribution in [0, 0.1) is 5.92 Å². The van der Waals surface area contributed by atoms with E-state index in [1.165, 1.54) is 0 Å². The first-order chi connectivity index (χ1) is 9.58. The molecule has 0 aliphatic heterocycles. The van der Waals surface area contributed by atoms with Crippen LogP contribution in [-0.2, 0) is 4.79 Å². The lowest BCUT2D eigenvalue weighted by atomic mass is 9.85. The average molecular weight is 303 g/mol. The Morgan fingerprint density at radius 2 is 2.10 bits per heavy atom. The maximum Gasteiger partial charge on any atom is 0.312 e. The molecule has 3 amide bonds. The molecule has 0 bridgehead atoms.